The normalized spacial score (nSPS) is 13.4. The third-order valence-corrected chi connectivity index (χ3v) is 6.24. The SMILES string of the molecule is Nc1ncc(-c2ccccc2Oc2ccccc2)nc1C(=O)Cc1ccccc1N1CCCCC1. The van der Waals surface area contributed by atoms with Crippen LogP contribution in [0.2, 0.25) is 0 Å². The van der Waals surface area contributed by atoms with Crippen LogP contribution in [0.1, 0.15) is 35.3 Å². The highest BCUT2D eigenvalue weighted by molar-refractivity contribution is 6.00. The van der Waals surface area contributed by atoms with Gasteiger partial charge in [0, 0.05) is 30.8 Å². The van der Waals surface area contributed by atoms with Crippen LogP contribution in [0.4, 0.5) is 11.5 Å². The van der Waals surface area contributed by atoms with E-state index in [1.165, 1.54) is 19.3 Å². The van der Waals surface area contributed by atoms with E-state index in [4.69, 9.17) is 10.5 Å². The number of benzene rings is 3. The highest BCUT2D eigenvalue weighted by atomic mass is 16.5. The van der Waals surface area contributed by atoms with Crippen molar-refractivity contribution in [1.82, 2.24) is 9.97 Å². The Morgan fingerprint density at radius 3 is 2.43 bits per heavy atom. The van der Waals surface area contributed by atoms with Gasteiger partial charge in [0.05, 0.1) is 11.9 Å². The van der Waals surface area contributed by atoms with Gasteiger partial charge in [0.25, 0.3) is 0 Å². The first kappa shape index (κ1) is 22.6. The van der Waals surface area contributed by atoms with E-state index in [9.17, 15) is 4.79 Å². The molecule has 176 valence electrons. The summed E-state index contributed by atoms with van der Waals surface area (Å²) in [5.74, 6) is 1.33. The van der Waals surface area contributed by atoms with Gasteiger partial charge in [0.15, 0.2) is 11.6 Å². The number of piperidine rings is 1. The molecule has 1 aliphatic heterocycles. The number of hydrogen-bond acceptors (Lipinski definition) is 6. The molecule has 6 nitrogen and oxygen atoms in total. The number of nitrogens with zero attached hydrogens (tertiary/aromatic N) is 3. The van der Waals surface area contributed by atoms with E-state index < -0.39 is 0 Å². The van der Waals surface area contributed by atoms with Crippen LogP contribution >= 0.6 is 0 Å². The molecule has 0 bridgehead atoms. The molecule has 0 radical (unpaired) electrons. The maximum absolute atomic E-state index is 13.4. The predicted octanol–water partition coefficient (Wildman–Crippen LogP) is 5.93. The number of para-hydroxylation sites is 3. The van der Waals surface area contributed by atoms with E-state index >= 15 is 0 Å². The van der Waals surface area contributed by atoms with Gasteiger partial charge in [-0.2, -0.15) is 0 Å². The monoisotopic (exact) mass is 464 g/mol. The molecule has 1 aliphatic rings. The fourth-order valence-corrected chi connectivity index (χ4v) is 4.48. The quantitative estimate of drug-likeness (QED) is 0.341. The van der Waals surface area contributed by atoms with Crippen molar-refractivity contribution in [2.24, 2.45) is 0 Å². The summed E-state index contributed by atoms with van der Waals surface area (Å²) in [5.41, 5.74) is 9.70. The Labute approximate surface area is 205 Å². The van der Waals surface area contributed by atoms with E-state index in [1.54, 1.807) is 6.20 Å². The second-order valence-corrected chi connectivity index (χ2v) is 8.68. The van der Waals surface area contributed by atoms with Crippen molar-refractivity contribution in [2.75, 3.05) is 23.7 Å². The van der Waals surface area contributed by atoms with Gasteiger partial charge in [-0.25, -0.2) is 9.97 Å². The molecule has 35 heavy (non-hydrogen) atoms. The summed E-state index contributed by atoms with van der Waals surface area (Å²) in [7, 11) is 0. The van der Waals surface area contributed by atoms with Gasteiger partial charge >= 0.3 is 0 Å². The third-order valence-electron chi connectivity index (χ3n) is 6.24. The molecular weight excluding hydrogens is 436 g/mol. The van der Waals surface area contributed by atoms with Crippen LogP contribution < -0.4 is 15.4 Å². The molecule has 6 heteroatoms. The lowest BCUT2D eigenvalue weighted by atomic mass is 10.0. The molecule has 5 rings (SSSR count). The smallest absolute Gasteiger partial charge is 0.189 e. The lowest BCUT2D eigenvalue weighted by molar-refractivity contribution is 0.0989. The number of carbonyl (C=O) groups is 1. The Hall–Kier alpha value is -4.19. The Balaban J connectivity index is 1.43. The van der Waals surface area contributed by atoms with Crippen molar-refractivity contribution < 1.29 is 9.53 Å². The second kappa shape index (κ2) is 10.4. The van der Waals surface area contributed by atoms with Crippen molar-refractivity contribution in [3.63, 3.8) is 0 Å². The largest absolute Gasteiger partial charge is 0.457 e. The average molecular weight is 465 g/mol. The van der Waals surface area contributed by atoms with Gasteiger partial charge in [-0.3, -0.25) is 4.79 Å². The third kappa shape index (κ3) is 5.17. The zero-order chi connectivity index (χ0) is 24.0. The van der Waals surface area contributed by atoms with Gasteiger partial charge in [0.2, 0.25) is 0 Å². The van der Waals surface area contributed by atoms with Gasteiger partial charge in [-0.1, -0.05) is 48.5 Å². The summed E-state index contributed by atoms with van der Waals surface area (Å²) in [6.45, 7) is 2.03. The van der Waals surface area contributed by atoms with Crippen LogP contribution in [0.25, 0.3) is 11.3 Å². The molecule has 1 aromatic heterocycles. The molecular formula is C29H28N4O2. The number of hydrogen-bond donors (Lipinski definition) is 1. The van der Waals surface area contributed by atoms with Crippen LogP contribution in [0.3, 0.4) is 0 Å². The predicted molar refractivity (Wildman–Crippen MR) is 139 cm³/mol. The number of aromatic nitrogens is 2. The number of anilines is 2. The molecule has 0 spiro atoms. The summed E-state index contributed by atoms with van der Waals surface area (Å²) in [6, 6.07) is 25.2. The van der Waals surface area contributed by atoms with Crippen molar-refractivity contribution in [1.29, 1.82) is 0 Å². The summed E-state index contributed by atoms with van der Waals surface area (Å²) in [5, 5.41) is 0. The molecule has 2 N–H and O–H groups in total. The molecule has 4 aromatic rings. The molecule has 0 unspecified atom stereocenters. The number of carbonyl (C=O) groups excluding carboxylic acids is 1. The Morgan fingerprint density at radius 2 is 1.60 bits per heavy atom. The highest BCUT2D eigenvalue weighted by Crippen LogP contribution is 2.33. The van der Waals surface area contributed by atoms with Crippen LogP contribution in [0.15, 0.2) is 85.1 Å². The van der Waals surface area contributed by atoms with Crippen LogP contribution in [0.5, 0.6) is 11.5 Å². The summed E-state index contributed by atoms with van der Waals surface area (Å²) in [6.07, 6.45) is 5.41. The first-order valence-corrected chi connectivity index (χ1v) is 12.0. The molecule has 3 aromatic carbocycles. The number of Topliss-reactive ketones (excluding diaryl/α,β-unsaturated/α-hetero) is 1. The fourth-order valence-electron chi connectivity index (χ4n) is 4.48. The Kier molecular flexibility index (Phi) is 6.70. The van der Waals surface area contributed by atoms with Crippen molar-refractivity contribution in [2.45, 2.75) is 25.7 Å². The summed E-state index contributed by atoms with van der Waals surface area (Å²) < 4.78 is 6.08. The van der Waals surface area contributed by atoms with Crippen molar-refractivity contribution in [3.8, 4) is 22.8 Å². The summed E-state index contributed by atoms with van der Waals surface area (Å²) in [4.78, 5) is 24.7. The average Bonchev–Trinajstić information content (AvgIpc) is 2.91. The van der Waals surface area contributed by atoms with Gasteiger partial charge < -0.3 is 15.4 Å². The first-order valence-electron chi connectivity index (χ1n) is 12.0. The Bertz CT molecular complexity index is 1320. The second-order valence-electron chi connectivity index (χ2n) is 8.68. The molecule has 1 saturated heterocycles. The molecule has 2 heterocycles. The van der Waals surface area contributed by atoms with E-state index in [1.807, 2.05) is 72.8 Å². The van der Waals surface area contributed by atoms with Gasteiger partial charge in [-0.05, 0) is 55.2 Å². The van der Waals surface area contributed by atoms with E-state index in [0.717, 1.165) is 29.9 Å². The van der Waals surface area contributed by atoms with E-state index in [0.29, 0.717) is 17.2 Å². The van der Waals surface area contributed by atoms with E-state index in [2.05, 4.69) is 20.9 Å². The number of ether oxygens (including phenoxy) is 1. The number of rotatable bonds is 7. The van der Waals surface area contributed by atoms with Crippen molar-refractivity contribution >= 4 is 17.3 Å². The number of nitrogens with two attached hydrogens (primary N) is 1. The lowest BCUT2D eigenvalue weighted by Crippen LogP contribution is -2.30. The van der Waals surface area contributed by atoms with Crippen LogP contribution in [-0.4, -0.2) is 28.8 Å². The minimum absolute atomic E-state index is 0.135. The van der Waals surface area contributed by atoms with Gasteiger partial charge in [-0.15, -0.1) is 0 Å². The standard InChI is InChI=1S/C29H28N4O2/c30-29-28(26(34)19-21-11-5-7-15-25(21)33-17-9-2-10-18-33)32-24(20-31-29)23-14-6-8-16-27(23)35-22-12-3-1-4-13-22/h1,3-8,11-16,20H,2,9-10,17-19H2,(H2,30,31). The fraction of sp³-hybridized carbons (Fsp3) is 0.207. The molecule has 0 aliphatic carbocycles. The van der Waals surface area contributed by atoms with Crippen LogP contribution in [-0.2, 0) is 6.42 Å². The topological polar surface area (TPSA) is 81.3 Å². The minimum Gasteiger partial charge on any atom is -0.457 e. The highest BCUT2D eigenvalue weighted by Gasteiger charge is 2.20. The number of nitrogen functional groups attached to an aromatic ring is 1. The molecule has 0 saturated carbocycles. The first-order chi connectivity index (χ1) is 17.2. The number of ketones is 1. The minimum atomic E-state index is -0.150. The maximum Gasteiger partial charge on any atom is 0.189 e. The molecule has 0 atom stereocenters. The van der Waals surface area contributed by atoms with E-state index in [-0.39, 0.29) is 23.7 Å². The van der Waals surface area contributed by atoms with Gasteiger partial charge in [0.1, 0.15) is 17.2 Å². The Morgan fingerprint density at radius 1 is 0.886 bits per heavy atom. The maximum atomic E-state index is 13.4. The zero-order valence-electron chi connectivity index (χ0n) is 19.6. The van der Waals surface area contributed by atoms with Crippen molar-refractivity contribution in [3.05, 3.63) is 96.3 Å². The molecule has 0 amide bonds. The summed E-state index contributed by atoms with van der Waals surface area (Å²) >= 11 is 0. The lowest BCUT2D eigenvalue weighted by Gasteiger charge is -2.30. The molecule has 1 fully saturated rings. The zero-order valence-corrected chi connectivity index (χ0v) is 19.6. The van der Waals surface area contributed by atoms with Crippen LogP contribution in [0, 0.1) is 0 Å².